The number of furan rings is 1. The van der Waals surface area contributed by atoms with Gasteiger partial charge in [-0.05, 0) is 23.6 Å². The summed E-state index contributed by atoms with van der Waals surface area (Å²) in [6.07, 6.45) is 0. The normalized spacial score (nSPS) is 14.0. The lowest BCUT2D eigenvalue weighted by Gasteiger charge is -2.33. The molecule has 0 atom stereocenters. The molecule has 0 radical (unpaired) electrons. The van der Waals surface area contributed by atoms with Gasteiger partial charge in [-0.3, -0.25) is 9.69 Å². The number of nitrogens with zero attached hydrogens (tertiary/aromatic N) is 1. The maximum absolute atomic E-state index is 12.7. The van der Waals surface area contributed by atoms with E-state index in [0.29, 0.717) is 24.6 Å². The van der Waals surface area contributed by atoms with E-state index in [2.05, 4.69) is 20.8 Å². The second kappa shape index (κ2) is 5.70. The number of carbonyl (C=O) groups excluding carboxylic acids is 1. The van der Waals surface area contributed by atoms with E-state index in [4.69, 9.17) is 14.3 Å². The first kappa shape index (κ1) is 16.1. The fourth-order valence-electron chi connectivity index (χ4n) is 2.75. The summed E-state index contributed by atoms with van der Waals surface area (Å²) in [6.45, 7) is 7.00. The summed E-state index contributed by atoms with van der Waals surface area (Å²) in [4.78, 5) is 25.2. The molecule has 6 heteroatoms. The van der Waals surface area contributed by atoms with Crippen LogP contribution in [-0.4, -0.2) is 30.1 Å². The van der Waals surface area contributed by atoms with Gasteiger partial charge in [-0.2, -0.15) is 0 Å². The number of hydrogen-bond donors (Lipinski definition) is 1. The molecule has 126 valence electrons. The number of carbonyl (C=O) groups is 2. The first-order valence-corrected chi connectivity index (χ1v) is 7.70. The van der Waals surface area contributed by atoms with Crippen LogP contribution in [0.25, 0.3) is 0 Å². The van der Waals surface area contributed by atoms with Gasteiger partial charge in [0.15, 0.2) is 5.76 Å². The van der Waals surface area contributed by atoms with Crippen molar-refractivity contribution < 1.29 is 23.8 Å². The number of aromatic carboxylic acids is 1. The average Bonchev–Trinajstić information content (AvgIpc) is 3.02. The Kier molecular flexibility index (Phi) is 3.83. The Morgan fingerprint density at radius 2 is 1.83 bits per heavy atom. The molecule has 1 N–H and O–H groups in total. The fourth-order valence-corrected chi connectivity index (χ4v) is 2.75. The molecule has 0 spiro atoms. The number of fused-ring (bicyclic) bond motifs is 1. The zero-order valence-electron chi connectivity index (χ0n) is 13.8. The quantitative estimate of drug-likeness (QED) is 0.914. The Morgan fingerprint density at radius 3 is 2.46 bits per heavy atom. The van der Waals surface area contributed by atoms with Crippen molar-refractivity contribution in [2.75, 3.05) is 18.1 Å². The molecule has 0 fully saturated rings. The Bertz CT molecular complexity index is 800. The van der Waals surface area contributed by atoms with Gasteiger partial charge in [0.25, 0.3) is 5.91 Å². The highest BCUT2D eigenvalue weighted by atomic mass is 16.5. The molecule has 0 saturated heterocycles. The molecule has 24 heavy (non-hydrogen) atoms. The Labute approximate surface area is 139 Å². The van der Waals surface area contributed by atoms with Crippen LogP contribution in [0.2, 0.25) is 0 Å². The largest absolute Gasteiger partial charge is 0.489 e. The van der Waals surface area contributed by atoms with Gasteiger partial charge in [-0.15, -0.1) is 0 Å². The van der Waals surface area contributed by atoms with Gasteiger partial charge >= 0.3 is 5.97 Å². The molecule has 2 heterocycles. The van der Waals surface area contributed by atoms with Gasteiger partial charge in [-0.1, -0.05) is 32.9 Å². The summed E-state index contributed by atoms with van der Waals surface area (Å²) in [5.41, 5.74) is 1.56. The van der Waals surface area contributed by atoms with Crippen molar-refractivity contribution in [1.82, 2.24) is 0 Å². The molecule has 3 rings (SSSR count). The molecule has 1 aromatic heterocycles. The average molecular weight is 329 g/mol. The van der Waals surface area contributed by atoms with Gasteiger partial charge in [-0.25, -0.2) is 4.79 Å². The third kappa shape index (κ3) is 2.75. The number of para-hydroxylation sites is 1. The van der Waals surface area contributed by atoms with Crippen molar-refractivity contribution in [3.63, 3.8) is 0 Å². The lowest BCUT2D eigenvalue weighted by molar-refractivity contribution is 0.0659. The van der Waals surface area contributed by atoms with E-state index >= 15 is 0 Å². The molecule has 0 aliphatic carbocycles. The number of rotatable bonds is 2. The van der Waals surface area contributed by atoms with Crippen molar-refractivity contribution in [2.45, 2.75) is 26.2 Å². The second-order valence-corrected chi connectivity index (χ2v) is 6.68. The van der Waals surface area contributed by atoms with Crippen molar-refractivity contribution in [2.24, 2.45) is 0 Å². The summed E-state index contributed by atoms with van der Waals surface area (Å²) < 4.78 is 11.0. The van der Waals surface area contributed by atoms with Crippen LogP contribution in [0.15, 0.2) is 34.7 Å². The maximum atomic E-state index is 12.7. The first-order valence-electron chi connectivity index (χ1n) is 7.70. The summed E-state index contributed by atoms with van der Waals surface area (Å²) in [7, 11) is 0. The third-order valence-corrected chi connectivity index (χ3v) is 3.93. The number of anilines is 1. The van der Waals surface area contributed by atoms with Crippen LogP contribution in [0.4, 0.5) is 5.69 Å². The number of carboxylic acids is 1. The summed E-state index contributed by atoms with van der Waals surface area (Å²) in [6, 6.07) is 8.36. The van der Waals surface area contributed by atoms with E-state index in [1.54, 1.807) is 4.90 Å². The van der Waals surface area contributed by atoms with Crippen molar-refractivity contribution >= 4 is 17.6 Å². The molecule has 1 aromatic carbocycles. The number of ether oxygens (including phenoxy) is 1. The van der Waals surface area contributed by atoms with Crippen LogP contribution in [0, 0.1) is 0 Å². The number of benzene rings is 1. The van der Waals surface area contributed by atoms with Gasteiger partial charge in [0.1, 0.15) is 12.4 Å². The van der Waals surface area contributed by atoms with Crippen LogP contribution in [0.3, 0.4) is 0 Å². The maximum Gasteiger partial charge on any atom is 0.371 e. The van der Waals surface area contributed by atoms with Gasteiger partial charge in [0, 0.05) is 5.56 Å². The zero-order valence-corrected chi connectivity index (χ0v) is 13.8. The highest BCUT2D eigenvalue weighted by molar-refractivity contribution is 6.06. The van der Waals surface area contributed by atoms with Crippen molar-refractivity contribution in [3.05, 3.63) is 47.4 Å². The molecular weight excluding hydrogens is 310 g/mol. The molecule has 2 aromatic rings. The standard InChI is InChI=1S/C18H19NO5/c1-18(2,3)11-5-4-6-12-15(11)23-10-9-19(12)16(20)13-7-8-14(24-13)17(21)22/h4-8H,9-10H2,1-3H3,(H,21,22). The molecular formula is C18H19NO5. The van der Waals surface area contributed by atoms with Gasteiger partial charge < -0.3 is 14.3 Å². The van der Waals surface area contributed by atoms with E-state index in [-0.39, 0.29) is 22.8 Å². The minimum Gasteiger partial charge on any atom is -0.489 e. The van der Waals surface area contributed by atoms with Crippen LogP contribution in [0.1, 0.15) is 47.4 Å². The molecule has 0 unspecified atom stereocenters. The van der Waals surface area contributed by atoms with E-state index in [0.717, 1.165) is 5.56 Å². The summed E-state index contributed by atoms with van der Waals surface area (Å²) >= 11 is 0. The van der Waals surface area contributed by atoms with Crippen LogP contribution in [0.5, 0.6) is 5.75 Å². The number of carboxylic acid groups (broad SMARTS) is 1. The van der Waals surface area contributed by atoms with Crippen molar-refractivity contribution in [3.8, 4) is 5.75 Å². The SMILES string of the molecule is CC(C)(C)c1cccc2c1OCCN2C(=O)c1ccc(C(=O)O)o1. The summed E-state index contributed by atoms with van der Waals surface area (Å²) in [5.74, 6) is -1.14. The zero-order chi connectivity index (χ0) is 17.5. The van der Waals surface area contributed by atoms with Gasteiger partial charge in [0.05, 0.1) is 12.2 Å². The molecule has 6 nitrogen and oxygen atoms in total. The lowest BCUT2D eigenvalue weighted by atomic mass is 9.85. The summed E-state index contributed by atoms with van der Waals surface area (Å²) in [5, 5.41) is 8.94. The van der Waals surface area contributed by atoms with E-state index in [1.165, 1.54) is 12.1 Å². The molecule has 1 aliphatic rings. The fraction of sp³-hybridized carbons (Fsp3) is 0.333. The third-order valence-electron chi connectivity index (χ3n) is 3.93. The predicted octanol–water partition coefficient (Wildman–Crippen LogP) is 3.31. The molecule has 0 saturated carbocycles. The number of amides is 1. The Hall–Kier alpha value is -2.76. The monoisotopic (exact) mass is 329 g/mol. The van der Waals surface area contributed by atoms with E-state index in [9.17, 15) is 9.59 Å². The lowest BCUT2D eigenvalue weighted by Crippen LogP contribution is -2.38. The Morgan fingerprint density at radius 1 is 1.12 bits per heavy atom. The Balaban J connectivity index is 2.00. The van der Waals surface area contributed by atoms with Crippen LogP contribution < -0.4 is 9.64 Å². The van der Waals surface area contributed by atoms with E-state index < -0.39 is 5.97 Å². The minimum absolute atomic E-state index is 0.00131. The predicted molar refractivity (Wildman–Crippen MR) is 88.0 cm³/mol. The smallest absolute Gasteiger partial charge is 0.371 e. The minimum atomic E-state index is -1.20. The highest BCUT2D eigenvalue weighted by Crippen LogP contribution is 2.41. The second-order valence-electron chi connectivity index (χ2n) is 6.68. The van der Waals surface area contributed by atoms with Crippen LogP contribution >= 0.6 is 0 Å². The molecule has 1 amide bonds. The van der Waals surface area contributed by atoms with Crippen molar-refractivity contribution in [1.29, 1.82) is 0 Å². The molecule has 1 aliphatic heterocycles. The highest BCUT2D eigenvalue weighted by Gasteiger charge is 2.31. The molecule has 0 bridgehead atoms. The van der Waals surface area contributed by atoms with Crippen LogP contribution in [-0.2, 0) is 5.41 Å². The van der Waals surface area contributed by atoms with E-state index in [1.807, 2.05) is 18.2 Å². The first-order chi connectivity index (χ1) is 11.3. The number of hydrogen-bond acceptors (Lipinski definition) is 4. The van der Waals surface area contributed by atoms with Gasteiger partial charge in [0.2, 0.25) is 5.76 Å². The topological polar surface area (TPSA) is 80.0 Å².